The Kier molecular flexibility index (Phi) is 4.86. The van der Waals surface area contributed by atoms with Crippen molar-refractivity contribution >= 4 is 23.9 Å². The second-order valence-electron chi connectivity index (χ2n) is 4.21. The van der Waals surface area contributed by atoms with Gasteiger partial charge in [-0.05, 0) is 12.1 Å². The maximum atomic E-state index is 11.4. The molecule has 114 valence electrons. The van der Waals surface area contributed by atoms with Crippen molar-refractivity contribution in [3.05, 3.63) is 42.5 Å². The molecule has 22 heavy (non-hydrogen) atoms. The van der Waals surface area contributed by atoms with Crippen LogP contribution < -0.4 is 15.4 Å². The maximum absolute atomic E-state index is 11.4. The Morgan fingerprint density at radius 2 is 1.77 bits per heavy atom. The average Bonchev–Trinajstić information content (AvgIpc) is 2.82. The highest BCUT2D eigenvalue weighted by Gasteiger charge is 2.30. The molecule has 0 spiro atoms. The van der Waals surface area contributed by atoms with Gasteiger partial charge in [0.05, 0.1) is 0 Å². The van der Waals surface area contributed by atoms with Crippen LogP contribution in [0.5, 0.6) is 5.75 Å². The molecule has 8 heteroatoms. The molecule has 1 atom stereocenters. The number of carbonyl (C=O) groups excluding carboxylic acids is 4. The molecule has 3 amide bonds. The molecule has 1 aromatic rings. The summed E-state index contributed by atoms with van der Waals surface area (Å²) < 4.78 is 9.66. The largest absolute Gasteiger partial charge is 0.460 e. The van der Waals surface area contributed by atoms with Crippen LogP contribution in [-0.2, 0) is 19.1 Å². The summed E-state index contributed by atoms with van der Waals surface area (Å²) in [6.07, 6.45) is 1.78. The third-order valence-electron chi connectivity index (χ3n) is 2.57. The van der Waals surface area contributed by atoms with E-state index < -0.39 is 29.9 Å². The lowest BCUT2D eigenvalue weighted by atomic mass is 10.3. The summed E-state index contributed by atoms with van der Waals surface area (Å²) in [4.78, 5) is 44.8. The number of urea groups is 1. The number of rotatable bonds is 5. The lowest BCUT2D eigenvalue weighted by Crippen LogP contribution is -2.34. The van der Waals surface area contributed by atoms with Crippen molar-refractivity contribution in [3.8, 4) is 5.75 Å². The van der Waals surface area contributed by atoms with Gasteiger partial charge in [-0.1, -0.05) is 18.2 Å². The van der Waals surface area contributed by atoms with E-state index in [0.717, 1.165) is 12.2 Å². The Morgan fingerprint density at radius 3 is 2.41 bits per heavy atom. The number of imide groups is 1. The van der Waals surface area contributed by atoms with Gasteiger partial charge in [-0.15, -0.1) is 0 Å². The van der Waals surface area contributed by atoms with Crippen LogP contribution in [0.2, 0.25) is 0 Å². The van der Waals surface area contributed by atoms with Crippen molar-refractivity contribution in [2.45, 2.75) is 6.04 Å². The Labute approximate surface area is 125 Å². The Hall–Kier alpha value is -3.16. The van der Waals surface area contributed by atoms with Gasteiger partial charge in [0, 0.05) is 12.2 Å². The summed E-state index contributed by atoms with van der Waals surface area (Å²) in [5, 5.41) is 4.26. The topological polar surface area (TPSA) is 111 Å². The normalized spacial score (nSPS) is 17.0. The molecule has 1 aromatic carbocycles. The van der Waals surface area contributed by atoms with Crippen LogP contribution in [0.1, 0.15) is 0 Å². The molecule has 1 aliphatic heterocycles. The monoisotopic (exact) mass is 304 g/mol. The van der Waals surface area contributed by atoms with E-state index >= 15 is 0 Å². The Morgan fingerprint density at radius 1 is 1.09 bits per heavy atom. The number of nitrogens with one attached hydrogen (secondary N) is 2. The quantitative estimate of drug-likeness (QED) is 0.340. The lowest BCUT2D eigenvalue weighted by molar-refractivity contribution is -0.140. The highest BCUT2D eigenvalue weighted by molar-refractivity contribution is 6.04. The minimum Gasteiger partial charge on any atom is -0.460 e. The number of esters is 2. The molecule has 1 fully saturated rings. The molecule has 8 nitrogen and oxygen atoms in total. The first-order valence-corrected chi connectivity index (χ1v) is 6.27. The van der Waals surface area contributed by atoms with E-state index in [9.17, 15) is 19.2 Å². The maximum Gasteiger partial charge on any atom is 0.336 e. The first-order chi connectivity index (χ1) is 10.5. The zero-order valence-corrected chi connectivity index (χ0v) is 11.3. The molecular formula is C14H12N2O6. The second kappa shape index (κ2) is 7.02. The van der Waals surface area contributed by atoms with E-state index in [1.54, 1.807) is 30.3 Å². The summed E-state index contributed by atoms with van der Waals surface area (Å²) in [6.45, 7) is -0.325. The molecule has 0 radical (unpaired) electrons. The first kappa shape index (κ1) is 15.2. The summed E-state index contributed by atoms with van der Waals surface area (Å²) in [5.41, 5.74) is 0. The van der Waals surface area contributed by atoms with Crippen LogP contribution in [0, 0.1) is 0 Å². The van der Waals surface area contributed by atoms with Crippen LogP contribution in [0.4, 0.5) is 4.79 Å². The smallest absolute Gasteiger partial charge is 0.336 e. The highest BCUT2D eigenvalue weighted by Crippen LogP contribution is 2.08. The molecule has 1 heterocycles. The highest BCUT2D eigenvalue weighted by atomic mass is 16.5. The average molecular weight is 304 g/mol. The fourth-order valence-corrected chi connectivity index (χ4v) is 1.56. The Balaban J connectivity index is 1.75. The summed E-state index contributed by atoms with van der Waals surface area (Å²) in [6, 6.07) is 6.76. The minimum atomic E-state index is -0.930. The standard InChI is InChI=1S/C14H12N2O6/c17-11(21-8-10-13(19)16-14(20)15-10)6-7-12(18)22-9-4-2-1-3-5-9/h1-7,10H,8H2,(H2,15,16,19,20)/b7-6+. The molecule has 0 saturated carbocycles. The van der Waals surface area contributed by atoms with Gasteiger partial charge in [0.2, 0.25) is 0 Å². The van der Waals surface area contributed by atoms with Crippen molar-refractivity contribution < 1.29 is 28.7 Å². The number of benzene rings is 1. The van der Waals surface area contributed by atoms with Gasteiger partial charge in [0.1, 0.15) is 18.4 Å². The van der Waals surface area contributed by atoms with Crippen LogP contribution in [0.15, 0.2) is 42.5 Å². The molecule has 2 N–H and O–H groups in total. The molecule has 2 rings (SSSR count). The van der Waals surface area contributed by atoms with E-state index in [1.807, 2.05) is 5.32 Å². The minimum absolute atomic E-state index is 0.325. The zero-order valence-electron chi connectivity index (χ0n) is 11.3. The molecule has 0 aromatic heterocycles. The number of carbonyl (C=O) groups is 4. The van der Waals surface area contributed by atoms with Crippen LogP contribution in [0.25, 0.3) is 0 Å². The summed E-state index contributed by atoms with van der Waals surface area (Å²) in [5.74, 6) is -1.81. The Bertz CT molecular complexity index is 625. The zero-order chi connectivity index (χ0) is 15.9. The molecule has 1 saturated heterocycles. The van der Waals surface area contributed by atoms with Gasteiger partial charge < -0.3 is 14.8 Å². The van der Waals surface area contributed by atoms with E-state index in [1.165, 1.54) is 0 Å². The summed E-state index contributed by atoms with van der Waals surface area (Å²) in [7, 11) is 0. The van der Waals surface area contributed by atoms with E-state index in [4.69, 9.17) is 9.47 Å². The third kappa shape index (κ3) is 4.44. The van der Waals surface area contributed by atoms with Gasteiger partial charge in [-0.25, -0.2) is 14.4 Å². The number of ether oxygens (including phenoxy) is 2. The van der Waals surface area contributed by atoms with Gasteiger partial charge in [-0.3, -0.25) is 10.1 Å². The molecule has 0 aliphatic carbocycles. The van der Waals surface area contributed by atoms with Crippen LogP contribution in [0.3, 0.4) is 0 Å². The van der Waals surface area contributed by atoms with Gasteiger partial charge in [0.25, 0.3) is 5.91 Å². The second-order valence-corrected chi connectivity index (χ2v) is 4.21. The number of para-hydroxylation sites is 1. The van der Waals surface area contributed by atoms with Crippen molar-refractivity contribution in [2.24, 2.45) is 0 Å². The van der Waals surface area contributed by atoms with Crippen molar-refractivity contribution in [3.63, 3.8) is 0 Å². The first-order valence-electron chi connectivity index (χ1n) is 6.27. The predicted octanol–water partition coefficient (Wildman–Crippen LogP) is -0.101. The van der Waals surface area contributed by atoms with E-state index in [-0.39, 0.29) is 6.61 Å². The van der Waals surface area contributed by atoms with E-state index in [0.29, 0.717) is 5.75 Å². The van der Waals surface area contributed by atoms with Crippen molar-refractivity contribution in [1.82, 2.24) is 10.6 Å². The fraction of sp³-hybridized carbons (Fsp3) is 0.143. The molecule has 0 bridgehead atoms. The summed E-state index contributed by atoms with van der Waals surface area (Å²) >= 11 is 0. The van der Waals surface area contributed by atoms with E-state index in [2.05, 4.69) is 5.32 Å². The number of hydrogen-bond acceptors (Lipinski definition) is 6. The van der Waals surface area contributed by atoms with Gasteiger partial charge >= 0.3 is 18.0 Å². The fourth-order valence-electron chi connectivity index (χ4n) is 1.56. The lowest BCUT2D eigenvalue weighted by Gasteiger charge is -2.06. The predicted molar refractivity (Wildman–Crippen MR) is 72.6 cm³/mol. The SMILES string of the molecule is O=C1NC(=O)C(COC(=O)/C=C/C(=O)Oc2ccccc2)N1. The molecular weight excluding hydrogens is 292 g/mol. The number of amides is 3. The molecule has 1 aliphatic rings. The number of hydrogen-bond donors (Lipinski definition) is 2. The van der Waals surface area contributed by atoms with Gasteiger partial charge in [-0.2, -0.15) is 0 Å². The van der Waals surface area contributed by atoms with Gasteiger partial charge in [0.15, 0.2) is 0 Å². The molecule has 1 unspecified atom stereocenters. The van der Waals surface area contributed by atoms with Crippen LogP contribution >= 0.6 is 0 Å². The van der Waals surface area contributed by atoms with Crippen molar-refractivity contribution in [1.29, 1.82) is 0 Å². The van der Waals surface area contributed by atoms with Crippen LogP contribution in [-0.4, -0.2) is 36.5 Å². The third-order valence-corrected chi connectivity index (χ3v) is 2.57. The van der Waals surface area contributed by atoms with Crippen molar-refractivity contribution in [2.75, 3.05) is 6.61 Å².